The van der Waals surface area contributed by atoms with Crippen LogP contribution in [-0.4, -0.2) is 61.5 Å². The summed E-state index contributed by atoms with van der Waals surface area (Å²) in [5.74, 6) is -0.278. The van der Waals surface area contributed by atoms with Crippen molar-refractivity contribution in [2.24, 2.45) is 11.5 Å². The maximum Gasteiger partial charge on any atom is 0.219 e. The van der Waals surface area contributed by atoms with E-state index < -0.39 is 0 Å². The molecule has 5 heteroatoms. The predicted octanol–water partition coefficient (Wildman–Crippen LogP) is -0.395. The van der Waals surface area contributed by atoms with Crippen LogP contribution in [-0.2, 0) is 4.79 Å². The van der Waals surface area contributed by atoms with Crippen LogP contribution < -0.4 is 11.5 Å². The molecule has 0 spiro atoms. The Kier molecular flexibility index (Phi) is 4.91. The molecule has 0 aromatic carbocycles. The molecule has 0 aromatic heterocycles. The van der Waals surface area contributed by atoms with Gasteiger partial charge in [-0.1, -0.05) is 0 Å². The number of carbonyl (C=O) groups is 1. The van der Waals surface area contributed by atoms with Crippen molar-refractivity contribution < 1.29 is 4.79 Å². The molecule has 0 aromatic rings. The van der Waals surface area contributed by atoms with Gasteiger partial charge in [-0.15, -0.1) is 0 Å². The lowest BCUT2D eigenvalue weighted by Crippen LogP contribution is -2.59. The predicted molar refractivity (Wildman–Crippen MR) is 69.6 cm³/mol. The fourth-order valence-electron chi connectivity index (χ4n) is 2.58. The molecular formula is C12H26N4O. The van der Waals surface area contributed by atoms with Gasteiger partial charge in [0.25, 0.3) is 0 Å². The number of hydrogen-bond donors (Lipinski definition) is 2. The largest absolute Gasteiger partial charge is 0.370 e. The van der Waals surface area contributed by atoms with Gasteiger partial charge in [-0.3, -0.25) is 9.69 Å². The molecule has 0 radical (unpaired) electrons. The minimum Gasteiger partial charge on any atom is -0.370 e. The maximum atomic E-state index is 11.0. The molecule has 0 bridgehead atoms. The zero-order chi connectivity index (χ0) is 13.1. The first kappa shape index (κ1) is 14.4. The third-order valence-electron chi connectivity index (χ3n) is 4.11. The van der Waals surface area contributed by atoms with Crippen molar-refractivity contribution in [2.75, 3.05) is 34.2 Å². The van der Waals surface area contributed by atoms with Gasteiger partial charge in [-0.25, -0.2) is 0 Å². The van der Waals surface area contributed by atoms with Gasteiger partial charge in [-0.05, 0) is 40.4 Å². The molecule has 1 amide bonds. The van der Waals surface area contributed by atoms with Crippen LogP contribution in [0.5, 0.6) is 0 Å². The van der Waals surface area contributed by atoms with E-state index in [1.807, 2.05) is 7.05 Å². The number of amides is 1. The number of carbonyl (C=O) groups excluding carboxylic acids is 1. The second-order valence-electron chi connectivity index (χ2n) is 5.45. The summed E-state index contributed by atoms with van der Waals surface area (Å²) in [6, 6.07) is 0.0601. The van der Waals surface area contributed by atoms with Gasteiger partial charge in [-0.2, -0.15) is 0 Å². The molecule has 1 atom stereocenters. The van der Waals surface area contributed by atoms with Crippen LogP contribution in [0.1, 0.15) is 25.7 Å². The Balaban J connectivity index is 2.56. The van der Waals surface area contributed by atoms with E-state index in [9.17, 15) is 4.79 Å². The van der Waals surface area contributed by atoms with Crippen molar-refractivity contribution in [3.05, 3.63) is 0 Å². The number of nitrogens with zero attached hydrogens (tertiary/aromatic N) is 2. The molecule has 1 aliphatic carbocycles. The lowest BCUT2D eigenvalue weighted by Gasteiger charge is -2.50. The van der Waals surface area contributed by atoms with E-state index >= 15 is 0 Å². The molecule has 1 aliphatic rings. The monoisotopic (exact) mass is 242 g/mol. The fourth-order valence-corrected chi connectivity index (χ4v) is 2.58. The first-order valence-corrected chi connectivity index (χ1v) is 6.27. The first-order chi connectivity index (χ1) is 7.91. The Bertz CT molecular complexity index is 263. The summed E-state index contributed by atoms with van der Waals surface area (Å²) >= 11 is 0. The highest BCUT2D eigenvalue weighted by Gasteiger charge is 2.40. The van der Waals surface area contributed by atoms with Crippen LogP contribution in [0.3, 0.4) is 0 Å². The Morgan fingerprint density at radius 2 is 1.94 bits per heavy atom. The Morgan fingerprint density at radius 3 is 2.24 bits per heavy atom. The molecule has 1 fully saturated rings. The molecule has 0 saturated heterocycles. The molecular weight excluding hydrogens is 216 g/mol. The quantitative estimate of drug-likeness (QED) is 0.637. The van der Waals surface area contributed by atoms with Crippen LogP contribution in [0, 0.1) is 0 Å². The van der Waals surface area contributed by atoms with Crippen molar-refractivity contribution in [3.63, 3.8) is 0 Å². The minimum absolute atomic E-state index is 0.0601. The maximum absolute atomic E-state index is 11.0. The molecule has 1 unspecified atom stereocenters. The van der Waals surface area contributed by atoms with E-state index in [1.54, 1.807) is 0 Å². The number of primary amides is 1. The van der Waals surface area contributed by atoms with Crippen molar-refractivity contribution in [1.82, 2.24) is 9.80 Å². The SMILES string of the molecule is CN(CC1(N(C)C)CCC1)C(CN)CC(N)=O. The highest BCUT2D eigenvalue weighted by atomic mass is 16.1. The average molecular weight is 242 g/mol. The smallest absolute Gasteiger partial charge is 0.219 e. The van der Waals surface area contributed by atoms with Gasteiger partial charge in [0, 0.05) is 31.1 Å². The molecule has 100 valence electrons. The minimum atomic E-state index is -0.278. The van der Waals surface area contributed by atoms with Crippen molar-refractivity contribution in [1.29, 1.82) is 0 Å². The molecule has 1 saturated carbocycles. The van der Waals surface area contributed by atoms with Crippen molar-refractivity contribution in [2.45, 2.75) is 37.3 Å². The third-order valence-corrected chi connectivity index (χ3v) is 4.11. The molecule has 4 N–H and O–H groups in total. The topological polar surface area (TPSA) is 75.6 Å². The van der Waals surface area contributed by atoms with Crippen molar-refractivity contribution >= 4 is 5.91 Å². The summed E-state index contributed by atoms with van der Waals surface area (Å²) < 4.78 is 0. The molecule has 17 heavy (non-hydrogen) atoms. The highest BCUT2D eigenvalue weighted by Crippen LogP contribution is 2.36. The van der Waals surface area contributed by atoms with Gasteiger partial charge >= 0.3 is 0 Å². The van der Waals surface area contributed by atoms with Crippen molar-refractivity contribution in [3.8, 4) is 0 Å². The second kappa shape index (κ2) is 5.80. The number of hydrogen-bond acceptors (Lipinski definition) is 4. The molecule has 5 nitrogen and oxygen atoms in total. The van der Waals surface area contributed by atoms with Crippen LogP contribution in [0.4, 0.5) is 0 Å². The summed E-state index contributed by atoms with van der Waals surface area (Å²) in [6.45, 7) is 1.43. The lowest BCUT2D eigenvalue weighted by atomic mass is 9.75. The van der Waals surface area contributed by atoms with E-state index in [0.717, 1.165) is 6.54 Å². The Labute approximate surface area is 104 Å². The van der Waals surface area contributed by atoms with Gasteiger partial charge in [0.1, 0.15) is 0 Å². The van der Waals surface area contributed by atoms with Crippen LogP contribution in [0.15, 0.2) is 0 Å². The Hall–Kier alpha value is -0.650. The van der Waals surface area contributed by atoms with E-state index in [4.69, 9.17) is 11.5 Å². The zero-order valence-electron chi connectivity index (χ0n) is 11.3. The highest BCUT2D eigenvalue weighted by molar-refractivity contribution is 5.74. The standard InChI is InChI=1S/C12H26N4O/c1-15(2)12(5-4-6-12)9-16(3)10(8-13)7-11(14)17/h10H,4-9,13H2,1-3H3,(H2,14,17). The molecule has 1 rings (SSSR count). The average Bonchev–Trinajstić information content (AvgIpc) is 2.18. The first-order valence-electron chi connectivity index (χ1n) is 6.27. The Morgan fingerprint density at radius 1 is 1.35 bits per heavy atom. The van der Waals surface area contributed by atoms with Crippen LogP contribution in [0.25, 0.3) is 0 Å². The van der Waals surface area contributed by atoms with Crippen LogP contribution >= 0.6 is 0 Å². The van der Waals surface area contributed by atoms with Gasteiger partial charge < -0.3 is 16.4 Å². The van der Waals surface area contributed by atoms with E-state index in [0.29, 0.717) is 13.0 Å². The molecule has 0 heterocycles. The van der Waals surface area contributed by atoms with Gasteiger partial charge in [0.15, 0.2) is 0 Å². The van der Waals surface area contributed by atoms with Gasteiger partial charge in [0.05, 0.1) is 0 Å². The zero-order valence-corrected chi connectivity index (χ0v) is 11.3. The van der Waals surface area contributed by atoms with E-state index in [1.165, 1.54) is 19.3 Å². The van der Waals surface area contributed by atoms with E-state index in [-0.39, 0.29) is 17.5 Å². The number of rotatable bonds is 7. The lowest BCUT2D eigenvalue weighted by molar-refractivity contribution is -0.119. The van der Waals surface area contributed by atoms with E-state index in [2.05, 4.69) is 23.9 Å². The normalized spacial score (nSPS) is 20.4. The summed E-state index contributed by atoms with van der Waals surface area (Å²) in [5, 5.41) is 0. The summed E-state index contributed by atoms with van der Waals surface area (Å²) in [5.41, 5.74) is 11.2. The number of nitrogens with two attached hydrogens (primary N) is 2. The van der Waals surface area contributed by atoms with Crippen LogP contribution in [0.2, 0.25) is 0 Å². The second-order valence-corrected chi connectivity index (χ2v) is 5.45. The fraction of sp³-hybridized carbons (Fsp3) is 0.917. The third kappa shape index (κ3) is 3.40. The summed E-state index contributed by atoms with van der Waals surface area (Å²) in [4.78, 5) is 15.5. The summed E-state index contributed by atoms with van der Waals surface area (Å²) in [7, 11) is 6.28. The van der Waals surface area contributed by atoms with Gasteiger partial charge in [0.2, 0.25) is 5.91 Å². The number of likely N-dealkylation sites (N-methyl/N-ethyl adjacent to an activating group) is 2. The molecule has 0 aliphatic heterocycles. The summed E-state index contributed by atoms with van der Waals surface area (Å²) in [6.07, 6.45) is 4.07.